The average Bonchev–Trinajstić information content (AvgIpc) is 2.76. The van der Waals surface area contributed by atoms with E-state index in [-0.39, 0.29) is 10.6 Å². The zero-order valence-corrected chi connectivity index (χ0v) is 21.1. The Labute approximate surface area is 197 Å². The minimum Gasteiger partial charge on any atom is -0.398 e. The Kier molecular flexibility index (Phi) is 15.0. The first kappa shape index (κ1) is 28.4. The number of para-hydroxylation sites is 1. The molecular formula is C26H45N3O2S. The molecule has 0 amide bonds. The highest BCUT2D eigenvalue weighted by molar-refractivity contribution is 7.89. The molecule has 0 saturated heterocycles. The highest BCUT2D eigenvalue weighted by Gasteiger charge is 2.15. The maximum Gasteiger partial charge on any atom is 0.242 e. The van der Waals surface area contributed by atoms with Crippen LogP contribution in [-0.2, 0) is 10.0 Å². The third-order valence-corrected chi connectivity index (χ3v) is 7.43. The number of nitrogens with one attached hydrogen (secondary N) is 2. The van der Waals surface area contributed by atoms with E-state index in [9.17, 15) is 8.42 Å². The van der Waals surface area contributed by atoms with Crippen LogP contribution in [0, 0.1) is 5.92 Å². The number of rotatable bonds is 19. The van der Waals surface area contributed by atoms with Crippen LogP contribution >= 0.6 is 0 Å². The number of allylic oxidation sites excluding steroid dienone is 3. The van der Waals surface area contributed by atoms with E-state index in [0.717, 1.165) is 44.7 Å². The topological polar surface area (TPSA) is 84.2 Å². The van der Waals surface area contributed by atoms with Gasteiger partial charge in [-0.05, 0) is 63.7 Å². The van der Waals surface area contributed by atoms with Gasteiger partial charge in [0.2, 0.25) is 10.0 Å². The molecule has 182 valence electrons. The first-order valence-corrected chi connectivity index (χ1v) is 13.7. The van der Waals surface area contributed by atoms with Gasteiger partial charge in [0.15, 0.2) is 0 Å². The summed E-state index contributed by atoms with van der Waals surface area (Å²) in [5, 5.41) is 3.63. The normalized spacial score (nSPS) is 13.2. The number of anilines is 1. The maximum atomic E-state index is 12.3. The zero-order chi connectivity index (χ0) is 23.7. The molecule has 4 N–H and O–H groups in total. The molecule has 1 aromatic rings. The van der Waals surface area contributed by atoms with Crippen LogP contribution in [0.3, 0.4) is 0 Å². The van der Waals surface area contributed by atoms with Crippen LogP contribution in [0.1, 0.15) is 78.1 Å². The molecule has 1 rings (SSSR count). The van der Waals surface area contributed by atoms with Gasteiger partial charge in [0.05, 0.1) is 5.69 Å². The third kappa shape index (κ3) is 12.4. The smallest absolute Gasteiger partial charge is 0.242 e. The third-order valence-electron chi connectivity index (χ3n) is 5.89. The van der Waals surface area contributed by atoms with Crippen LogP contribution in [0.5, 0.6) is 0 Å². The Bertz CT molecular complexity index is 775. The lowest BCUT2D eigenvalue weighted by molar-refractivity contribution is 0.428. The van der Waals surface area contributed by atoms with Gasteiger partial charge in [-0.1, -0.05) is 81.9 Å². The molecule has 5 nitrogen and oxygen atoms in total. The first-order chi connectivity index (χ1) is 15.4. The molecule has 0 spiro atoms. The molecule has 0 fully saturated rings. The fourth-order valence-corrected chi connectivity index (χ4v) is 4.95. The Morgan fingerprint density at radius 1 is 1.06 bits per heavy atom. The quantitative estimate of drug-likeness (QED) is 0.137. The highest BCUT2D eigenvalue weighted by atomic mass is 32.2. The summed E-state index contributed by atoms with van der Waals surface area (Å²) in [5.41, 5.74) is 7.46. The molecule has 0 aliphatic carbocycles. The molecule has 0 aromatic heterocycles. The highest BCUT2D eigenvalue weighted by Crippen LogP contribution is 2.17. The molecule has 0 saturated carbocycles. The van der Waals surface area contributed by atoms with Gasteiger partial charge < -0.3 is 11.1 Å². The Morgan fingerprint density at radius 3 is 2.31 bits per heavy atom. The van der Waals surface area contributed by atoms with Gasteiger partial charge in [-0.2, -0.15) is 0 Å². The van der Waals surface area contributed by atoms with Gasteiger partial charge in [0.1, 0.15) is 4.90 Å². The summed E-state index contributed by atoms with van der Waals surface area (Å²) in [4.78, 5) is 0.165. The fraction of sp³-hybridized carbons (Fsp3) is 0.615. The van der Waals surface area contributed by atoms with Crippen molar-refractivity contribution in [2.45, 2.75) is 83.0 Å². The van der Waals surface area contributed by atoms with Crippen LogP contribution in [0.15, 0.2) is 53.5 Å². The summed E-state index contributed by atoms with van der Waals surface area (Å²) >= 11 is 0. The van der Waals surface area contributed by atoms with E-state index in [4.69, 9.17) is 5.73 Å². The van der Waals surface area contributed by atoms with Crippen molar-refractivity contribution in [3.8, 4) is 0 Å². The van der Waals surface area contributed by atoms with Crippen molar-refractivity contribution in [2.24, 2.45) is 5.92 Å². The van der Waals surface area contributed by atoms with Crippen LogP contribution < -0.4 is 15.8 Å². The van der Waals surface area contributed by atoms with Crippen molar-refractivity contribution in [3.63, 3.8) is 0 Å². The minimum atomic E-state index is -3.51. The van der Waals surface area contributed by atoms with Gasteiger partial charge in [0.25, 0.3) is 0 Å². The molecule has 0 bridgehead atoms. The lowest BCUT2D eigenvalue weighted by atomic mass is 9.97. The summed E-state index contributed by atoms with van der Waals surface area (Å²) in [6, 6.07) is 6.57. The van der Waals surface area contributed by atoms with Crippen LogP contribution in [0.2, 0.25) is 0 Å². The number of nitrogen functional groups attached to an aromatic ring is 1. The molecule has 6 heteroatoms. The zero-order valence-electron chi connectivity index (χ0n) is 20.2. The van der Waals surface area contributed by atoms with E-state index in [1.54, 1.807) is 18.2 Å². The lowest BCUT2D eigenvalue weighted by Gasteiger charge is -2.16. The van der Waals surface area contributed by atoms with Crippen molar-refractivity contribution in [1.29, 1.82) is 0 Å². The molecule has 1 aromatic carbocycles. The fourth-order valence-electron chi connectivity index (χ4n) is 3.74. The molecule has 0 aliphatic heterocycles. The summed E-state index contributed by atoms with van der Waals surface area (Å²) in [7, 11) is -3.51. The van der Waals surface area contributed by atoms with E-state index >= 15 is 0 Å². The Hall–Kier alpha value is -1.63. The van der Waals surface area contributed by atoms with E-state index in [2.05, 4.69) is 36.5 Å². The van der Waals surface area contributed by atoms with Gasteiger partial charge in [-0.15, -0.1) is 0 Å². The van der Waals surface area contributed by atoms with E-state index in [1.165, 1.54) is 50.2 Å². The summed E-state index contributed by atoms with van der Waals surface area (Å²) < 4.78 is 27.2. The van der Waals surface area contributed by atoms with Crippen LogP contribution in [0.4, 0.5) is 5.69 Å². The number of benzene rings is 1. The summed E-state index contributed by atoms with van der Waals surface area (Å²) in [6.07, 6.45) is 15.6. The minimum absolute atomic E-state index is 0.165. The Morgan fingerprint density at radius 2 is 1.69 bits per heavy atom. The predicted molar refractivity (Wildman–Crippen MR) is 138 cm³/mol. The predicted octanol–water partition coefficient (Wildman–Crippen LogP) is 5.81. The van der Waals surface area contributed by atoms with Crippen molar-refractivity contribution >= 4 is 15.7 Å². The standard InChI is InChI=1S/C26H45N3O2S/c1-4-15-23(3)18-19-24(5-2)22-28-20-13-9-7-6-8-10-14-21-29-32(30,31)26-17-12-11-16-25(26)27/h4,11-12,15-17,24,28-29H,1,5-10,13-14,18-22,27H2,2-3H3/b23-15+. The number of unbranched alkanes of at least 4 members (excludes halogenated alkanes) is 6. The van der Waals surface area contributed by atoms with Crippen LogP contribution in [-0.4, -0.2) is 28.1 Å². The van der Waals surface area contributed by atoms with Gasteiger partial charge in [0, 0.05) is 6.54 Å². The molecular weight excluding hydrogens is 418 g/mol. The van der Waals surface area contributed by atoms with Crippen molar-refractivity contribution in [1.82, 2.24) is 10.0 Å². The number of hydrogen-bond donors (Lipinski definition) is 3. The molecule has 1 unspecified atom stereocenters. The molecule has 0 heterocycles. The van der Waals surface area contributed by atoms with Crippen molar-refractivity contribution in [2.75, 3.05) is 25.4 Å². The molecule has 0 aliphatic rings. The number of nitrogens with two attached hydrogens (primary N) is 1. The number of hydrogen-bond acceptors (Lipinski definition) is 4. The Balaban J connectivity index is 1.99. The molecule has 0 radical (unpaired) electrons. The second kappa shape index (κ2) is 16.9. The van der Waals surface area contributed by atoms with Crippen LogP contribution in [0.25, 0.3) is 0 Å². The van der Waals surface area contributed by atoms with Crippen molar-refractivity contribution in [3.05, 3.63) is 48.6 Å². The summed E-state index contributed by atoms with van der Waals surface area (Å²) in [6.45, 7) is 10.9. The SMILES string of the molecule is C=C/C=C(\C)CCC(CC)CNCCCCCCCCCNS(=O)(=O)c1ccccc1N. The average molecular weight is 464 g/mol. The van der Waals surface area contributed by atoms with Crippen molar-refractivity contribution < 1.29 is 8.42 Å². The van der Waals surface area contributed by atoms with Gasteiger partial charge in [-0.3, -0.25) is 0 Å². The second-order valence-corrected chi connectivity index (χ2v) is 10.4. The van der Waals surface area contributed by atoms with Gasteiger partial charge >= 0.3 is 0 Å². The largest absolute Gasteiger partial charge is 0.398 e. The summed E-state index contributed by atoms with van der Waals surface area (Å²) in [5.74, 6) is 0.749. The van der Waals surface area contributed by atoms with Gasteiger partial charge in [-0.25, -0.2) is 13.1 Å². The monoisotopic (exact) mass is 463 g/mol. The molecule has 32 heavy (non-hydrogen) atoms. The maximum absolute atomic E-state index is 12.3. The molecule has 1 atom stereocenters. The first-order valence-electron chi connectivity index (χ1n) is 12.2. The van der Waals surface area contributed by atoms with E-state index in [0.29, 0.717) is 6.54 Å². The second-order valence-electron chi connectivity index (χ2n) is 8.68. The number of sulfonamides is 1. The van der Waals surface area contributed by atoms with E-state index in [1.807, 2.05) is 6.08 Å². The van der Waals surface area contributed by atoms with E-state index < -0.39 is 10.0 Å². The lowest BCUT2D eigenvalue weighted by Crippen LogP contribution is -2.25.